The molecule has 92 valence electrons. The zero-order chi connectivity index (χ0) is 12.8. The first-order valence-electron chi connectivity index (χ1n) is 5.36. The van der Waals surface area contributed by atoms with Gasteiger partial charge in [-0.05, 0) is 52.2 Å². The zero-order valence-corrected chi connectivity index (χ0v) is 10.4. The number of carbonyl (C=O) groups excluding carboxylic acids is 1. The normalized spacial score (nSPS) is 10.7. The first kappa shape index (κ1) is 12.3. The molecule has 0 atom stereocenters. The van der Waals surface area contributed by atoms with Crippen molar-refractivity contribution < 1.29 is 9.90 Å². The molecule has 18 heavy (non-hydrogen) atoms. The lowest BCUT2D eigenvalue weighted by Gasteiger charge is -1.97. The zero-order valence-electron chi connectivity index (χ0n) is 9.54. The van der Waals surface area contributed by atoms with Crippen LogP contribution in [0.2, 0.25) is 0 Å². The van der Waals surface area contributed by atoms with E-state index in [2.05, 4.69) is 10.5 Å². The predicted octanol–water partition coefficient (Wildman–Crippen LogP) is 2.15. The first-order chi connectivity index (χ1) is 8.74. The van der Waals surface area contributed by atoms with Crippen LogP contribution in [0.25, 0.3) is 0 Å². The minimum atomic E-state index is -0.150. The van der Waals surface area contributed by atoms with Crippen LogP contribution in [0.15, 0.2) is 46.2 Å². The molecule has 0 fully saturated rings. The number of nitrogens with zero attached hydrogens (tertiary/aromatic N) is 1. The molecule has 0 saturated heterocycles. The molecule has 2 N–H and O–H groups in total. The van der Waals surface area contributed by atoms with Crippen LogP contribution in [0.4, 0.5) is 0 Å². The van der Waals surface area contributed by atoms with Crippen LogP contribution in [-0.2, 0) is 11.2 Å². The summed E-state index contributed by atoms with van der Waals surface area (Å²) < 4.78 is 0. The van der Waals surface area contributed by atoms with E-state index < -0.39 is 0 Å². The Morgan fingerprint density at radius 1 is 1.33 bits per heavy atom. The highest BCUT2D eigenvalue weighted by Crippen LogP contribution is 2.08. The van der Waals surface area contributed by atoms with Gasteiger partial charge in [0.05, 0.1) is 12.6 Å². The Hall–Kier alpha value is -2.14. The molecule has 1 aromatic heterocycles. The molecule has 0 spiro atoms. The highest BCUT2D eigenvalue weighted by atomic mass is 32.1. The Morgan fingerprint density at radius 3 is 2.78 bits per heavy atom. The van der Waals surface area contributed by atoms with Crippen molar-refractivity contribution in [3.8, 4) is 5.75 Å². The quantitative estimate of drug-likeness (QED) is 0.653. The maximum atomic E-state index is 11.5. The molecule has 4 nitrogen and oxygen atoms in total. The van der Waals surface area contributed by atoms with Gasteiger partial charge in [-0.15, -0.1) is 0 Å². The van der Waals surface area contributed by atoms with Gasteiger partial charge in [-0.2, -0.15) is 16.4 Å². The monoisotopic (exact) mass is 260 g/mol. The maximum Gasteiger partial charge on any atom is 0.244 e. The standard InChI is InChI=1S/C13H12N2O2S/c16-12-3-1-10(2-4-12)8-14-15-13(17)7-11-5-6-18-9-11/h1-6,8-9,16H,7H2,(H,15,17)/b14-8+. The van der Waals surface area contributed by atoms with E-state index in [9.17, 15) is 4.79 Å². The maximum absolute atomic E-state index is 11.5. The van der Waals surface area contributed by atoms with Gasteiger partial charge in [0.15, 0.2) is 0 Å². The largest absolute Gasteiger partial charge is 0.508 e. The lowest BCUT2D eigenvalue weighted by molar-refractivity contribution is -0.120. The van der Waals surface area contributed by atoms with Gasteiger partial charge < -0.3 is 5.11 Å². The van der Waals surface area contributed by atoms with E-state index in [1.807, 2.05) is 16.8 Å². The first-order valence-corrected chi connectivity index (χ1v) is 6.30. The van der Waals surface area contributed by atoms with Crippen LogP contribution in [0.1, 0.15) is 11.1 Å². The van der Waals surface area contributed by atoms with Crippen LogP contribution in [0.3, 0.4) is 0 Å². The van der Waals surface area contributed by atoms with Crippen molar-refractivity contribution in [2.75, 3.05) is 0 Å². The van der Waals surface area contributed by atoms with Crippen molar-refractivity contribution in [1.29, 1.82) is 0 Å². The van der Waals surface area contributed by atoms with Gasteiger partial charge in [-0.3, -0.25) is 4.79 Å². The topological polar surface area (TPSA) is 61.7 Å². The highest BCUT2D eigenvalue weighted by Gasteiger charge is 2.01. The summed E-state index contributed by atoms with van der Waals surface area (Å²) in [7, 11) is 0. The molecule has 5 heteroatoms. The summed E-state index contributed by atoms with van der Waals surface area (Å²) in [6.07, 6.45) is 1.86. The summed E-state index contributed by atoms with van der Waals surface area (Å²) in [4.78, 5) is 11.5. The van der Waals surface area contributed by atoms with Crippen molar-refractivity contribution in [2.24, 2.45) is 5.10 Å². The molecule has 1 amide bonds. The third-order valence-electron chi connectivity index (χ3n) is 2.24. The van der Waals surface area contributed by atoms with Crippen LogP contribution >= 0.6 is 11.3 Å². The third kappa shape index (κ3) is 3.71. The molecule has 0 aliphatic heterocycles. The molecular weight excluding hydrogens is 248 g/mol. The molecule has 2 aromatic rings. The number of phenolic OH excluding ortho intramolecular Hbond substituents is 1. The molecule has 0 saturated carbocycles. The number of hydrazone groups is 1. The van der Waals surface area contributed by atoms with Crippen molar-refractivity contribution in [3.05, 3.63) is 52.2 Å². The van der Waals surface area contributed by atoms with Crippen LogP contribution in [0, 0.1) is 0 Å². The van der Waals surface area contributed by atoms with Gasteiger partial charge >= 0.3 is 0 Å². The van der Waals surface area contributed by atoms with Crippen molar-refractivity contribution >= 4 is 23.5 Å². The molecule has 0 bridgehead atoms. The number of rotatable bonds is 4. The fourth-order valence-electron chi connectivity index (χ4n) is 1.36. The molecule has 1 aromatic carbocycles. The molecule has 2 rings (SSSR count). The summed E-state index contributed by atoms with van der Waals surface area (Å²) >= 11 is 1.56. The van der Waals surface area contributed by atoms with Gasteiger partial charge in [0, 0.05) is 0 Å². The van der Waals surface area contributed by atoms with E-state index >= 15 is 0 Å². The number of nitrogens with one attached hydrogen (secondary N) is 1. The fraction of sp³-hybridized carbons (Fsp3) is 0.0769. The van der Waals surface area contributed by atoms with Gasteiger partial charge in [0.2, 0.25) is 5.91 Å². The van der Waals surface area contributed by atoms with E-state index in [0.29, 0.717) is 6.42 Å². The lowest BCUT2D eigenvalue weighted by Crippen LogP contribution is -2.19. The number of hydrogen-bond donors (Lipinski definition) is 2. The van der Waals surface area contributed by atoms with Gasteiger partial charge in [0.25, 0.3) is 0 Å². The summed E-state index contributed by atoms with van der Waals surface area (Å²) in [6.45, 7) is 0. The van der Waals surface area contributed by atoms with Crippen molar-refractivity contribution in [1.82, 2.24) is 5.43 Å². The number of phenols is 1. The number of carbonyl (C=O) groups is 1. The van der Waals surface area contributed by atoms with Crippen LogP contribution < -0.4 is 5.43 Å². The van der Waals surface area contributed by atoms with E-state index in [0.717, 1.165) is 11.1 Å². The SMILES string of the molecule is O=C(Cc1ccsc1)N/N=C/c1ccc(O)cc1. The Morgan fingerprint density at radius 2 is 2.11 bits per heavy atom. The molecule has 0 unspecified atom stereocenters. The second-order valence-electron chi connectivity index (χ2n) is 3.69. The number of hydrogen-bond acceptors (Lipinski definition) is 4. The Labute approximate surface area is 109 Å². The average Bonchev–Trinajstić information content (AvgIpc) is 2.84. The number of benzene rings is 1. The second kappa shape index (κ2) is 5.97. The fourth-order valence-corrected chi connectivity index (χ4v) is 2.03. The van der Waals surface area contributed by atoms with Crippen molar-refractivity contribution in [2.45, 2.75) is 6.42 Å². The second-order valence-corrected chi connectivity index (χ2v) is 4.47. The van der Waals surface area contributed by atoms with Crippen LogP contribution in [0.5, 0.6) is 5.75 Å². The van der Waals surface area contributed by atoms with Gasteiger partial charge in [-0.25, -0.2) is 5.43 Å². The Bertz CT molecular complexity index is 533. The van der Waals surface area contributed by atoms with E-state index in [1.54, 1.807) is 35.6 Å². The minimum Gasteiger partial charge on any atom is -0.508 e. The third-order valence-corrected chi connectivity index (χ3v) is 2.97. The predicted molar refractivity (Wildman–Crippen MR) is 71.9 cm³/mol. The van der Waals surface area contributed by atoms with E-state index in [-0.39, 0.29) is 11.7 Å². The summed E-state index contributed by atoms with van der Waals surface area (Å²) in [6, 6.07) is 8.46. The molecule has 1 heterocycles. The summed E-state index contributed by atoms with van der Waals surface area (Å²) in [5, 5.41) is 16.8. The van der Waals surface area contributed by atoms with Gasteiger partial charge in [0.1, 0.15) is 5.75 Å². The smallest absolute Gasteiger partial charge is 0.244 e. The summed E-state index contributed by atoms with van der Waals surface area (Å²) in [5.41, 5.74) is 4.25. The lowest BCUT2D eigenvalue weighted by atomic mass is 10.2. The number of thiophene rings is 1. The Kier molecular flexibility index (Phi) is 4.09. The molecule has 0 aliphatic carbocycles. The molecular formula is C13H12N2O2S. The summed E-state index contributed by atoms with van der Waals surface area (Å²) in [5.74, 6) is 0.0528. The molecule has 0 aliphatic rings. The van der Waals surface area contributed by atoms with Gasteiger partial charge in [-0.1, -0.05) is 0 Å². The van der Waals surface area contributed by atoms with Crippen molar-refractivity contribution in [3.63, 3.8) is 0 Å². The van der Waals surface area contributed by atoms with Crippen LogP contribution in [-0.4, -0.2) is 17.2 Å². The van der Waals surface area contributed by atoms with E-state index in [1.165, 1.54) is 6.21 Å². The van der Waals surface area contributed by atoms with E-state index in [4.69, 9.17) is 5.11 Å². The number of aromatic hydroxyl groups is 1. The average molecular weight is 260 g/mol. The minimum absolute atomic E-state index is 0.150. The Balaban J connectivity index is 1.84. The molecule has 0 radical (unpaired) electrons. The highest BCUT2D eigenvalue weighted by molar-refractivity contribution is 7.07. The number of amides is 1.